The van der Waals surface area contributed by atoms with E-state index < -0.39 is 0 Å². The Kier molecular flexibility index (Phi) is 4.84. The van der Waals surface area contributed by atoms with Gasteiger partial charge in [-0.3, -0.25) is 0 Å². The molecule has 1 N–H and O–H groups in total. The predicted molar refractivity (Wildman–Crippen MR) is 110 cm³/mol. The van der Waals surface area contributed by atoms with Crippen LogP contribution in [0.5, 0.6) is 5.75 Å². The number of oxime groups is 1. The van der Waals surface area contributed by atoms with Crippen LogP contribution in [0.3, 0.4) is 0 Å². The van der Waals surface area contributed by atoms with E-state index in [9.17, 15) is 5.21 Å². The lowest BCUT2D eigenvalue weighted by atomic mass is 10.0. The zero-order valence-corrected chi connectivity index (χ0v) is 14.7. The predicted octanol–water partition coefficient (Wildman–Crippen LogP) is 5.76. The molecule has 0 aliphatic carbocycles. The smallest absolute Gasteiger partial charge is 0.134 e. The van der Waals surface area contributed by atoms with Crippen LogP contribution in [0.15, 0.2) is 102 Å². The Morgan fingerprint density at radius 1 is 0.704 bits per heavy atom. The normalized spacial score (nSPS) is 11.5. The zero-order chi connectivity index (χ0) is 18.5. The third kappa shape index (κ3) is 3.67. The van der Waals surface area contributed by atoms with Gasteiger partial charge in [0.05, 0.1) is 0 Å². The molecule has 4 aromatic rings. The summed E-state index contributed by atoms with van der Waals surface area (Å²) in [5, 5.41) is 15.1. The van der Waals surface area contributed by atoms with E-state index in [4.69, 9.17) is 4.74 Å². The molecule has 0 aliphatic rings. The van der Waals surface area contributed by atoms with Crippen molar-refractivity contribution >= 4 is 16.5 Å². The molecule has 132 valence electrons. The van der Waals surface area contributed by atoms with Crippen molar-refractivity contribution in [3.8, 4) is 16.9 Å². The fourth-order valence-corrected chi connectivity index (χ4v) is 3.12. The molecule has 0 spiro atoms. The topological polar surface area (TPSA) is 41.8 Å². The molecule has 0 atom stereocenters. The molecule has 4 aromatic carbocycles. The summed E-state index contributed by atoms with van der Waals surface area (Å²) in [4.78, 5) is 0. The Morgan fingerprint density at radius 3 is 2.15 bits per heavy atom. The van der Waals surface area contributed by atoms with Crippen LogP contribution in [0, 0.1) is 0 Å². The van der Waals surface area contributed by atoms with Crippen molar-refractivity contribution in [2.75, 3.05) is 6.61 Å². The van der Waals surface area contributed by atoms with E-state index in [1.165, 1.54) is 0 Å². The van der Waals surface area contributed by atoms with Gasteiger partial charge in [0.15, 0.2) is 0 Å². The molecule has 27 heavy (non-hydrogen) atoms. The maximum atomic E-state index is 9.47. The first-order chi connectivity index (χ1) is 13.3. The molecule has 0 saturated heterocycles. The van der Waals surface area contributed by atoms with Crippen molar-refractivity contribution in [2.24, 2.45) is 5.16 Å². The van der Waals surface area contributed by atoms with Crippen molar-refractivity contribution in [3.05, 3.63) is 103 Å². The monoisotopic (exact) mass is 353 g/mol. The average Bonchev–Trinajstić information content (AvgIpc) is 2.75. The van der Waals surface area contributed by atoms with Crippen LogP contribution in [-0.2, 0) is 0 Å². The Labute approximate surface area is 158 Å². The van der Waals surface area contributed by atoms with E-state index in [1.54, 1.807) is 0 Å². The summed E-state index contributed by atoms with van der Waals surface area (Å²) in [7, 11) is 0. The quantitative estimate of drug-likeness (QED) is 0.281. The fourth-order valence-electron chi connectivity index (χ4n) is 3.12. The fraction of sp³-hybridized carbons (Fsp3) is 0.0417. The molecule has 0 bridgehead atoms. The van der Waals surface area contributed by atoms with Gasteiger partial charge in [-0.2, -0.15) is 0 Å². The highest BCUT2D eigenvalue weighted by molar-refractivity contribution is 6.02. The molecule has 0 unspecified atom stereocenters. The van der Waals surface area contributed by atoms with Gasteiger partial charge in [-0.25, -0.2) is 0 Å². The summed E-state index contributed by atoms with van der Waals surface area (Å²) in [5.74, 6) is 0.773. The Hall–Kier alpha value is -3.59. The number of fused-ring (bicyclic) bond motifs is 1. The largest absolute Gasteiger partial charge is 0.486 e. The van der Waals surface area contributed by atoms with Crippen molar-refractivity contribution < 1.29 is 9.94 Å². The summed E-state index contributed by atoms with van der Waals surface area (Å²) in [5.41, 5.74) is 3.59. The maximum Gasteiger partial charge on any atom is 0.134 e. The van der Waals surface area contributed by atoms with Crippen LogP contribution >= 0.6 is 0 Å². The first kappa shape index (κ1) is 16.9. The number of nitrogens with zero attached hydrogens (tertiary/aromatic N) is 1. The van der Waals surface area contributed by atoms with Gasteiger partial charge in [-0.15, -0.1) is 0 Å². The number of rotatable bonds is 5. The van der Waals surface area contributed by atoms with Crippen LogP contribution in [0.25, 0.3) is 21.9 Å². The number of benzene rings is 4. The molecule has 4 rings (SSSR count). The van der Waals surface area contributed by atoms with E-state index in [0.717, 1.165) is 33.2 Å². The molecule has 3 nitrogen and oxygen atoms in total. The molecule has 0 aliphatic heterocycles. The second-order valence-corrected chi connectivity index (χ2v) is 6.26. The molecule has 0 saturated carbocycles. The van der Waals surface area contributed by atoms with Crippen LogP contribution in [0.1, 0.15) is 5.56 Å². The lowest BCUT2D eigenvalue weighted by Crippen LogP contribution is -2.13. The van der Waals surface area contributed by atoms with Crippen molar-refractivity contribution in [1.82, 2.24) is 0 Å². The highest BCUT2D eigenvalue weighted by Crippen LogP contribution is 2.25. The van der Waals surface area contributed by atoms with Crippen LogP contribution in [0.4, 0.5) is 0 Å². The Bertz CT molecular complexity index is 1060. The minimum Gasteiger partial charge on any atom is -0.486 e. The summed E-state index contributed by atoms with van der Waals surface area (Å²) in [6.45, 7) is 0.190. The summed E-state index contributed by atoms with van der Waals surface area (Å²) >= 11 is 0. The van der Waals surface area contributed by atoms with Crippen molar-refractivity contribution in [3.63, 3.8) is 0 Å². The maximum absolute atomic E-state index is 9.47. The van der Waals surface area contributed by atoms with Gasteiger partial charge >= 0.3 is 0 Å². The second kappa shape index (κ2) is 7.75. The number of ether oxygens (including phenoxy) is 1. The van der Waals surface area contributed by atoms with Crippen molar-refractivity contribution in [2.45, 2.75) is 0 Å². The highest BCUT2D eigenvalue weighted by Gasteiger charge is 2.08. The van der Waals surface area contributed by atoms with Crippen LogP contribution in [0.2, 0.25) is 0 Å². The van der Waals surface area contributed by atoms with Gasteiger partial charge in [0.25, 0.3) is 0 Å². The first-order valence-corrected chi connectivity index (χ1v) is 8.82. The zero-order valence-electron chi connectivity index (χ0n) is 14.7. The highest BCUT2D eigenvalue weighted by atomic mass is 16.5. The van der Waals surface area contributed by atoms with Gasteiger partial charge in [-0.1, -0.05) is 96.2 Å². The third-order valence-electron chi connectivity index (χ3n) is 4.56. The molecule has 0 amide bonds. The Balaban J connectivity index is 1.53. The van der Waals surface area contributed by atoms with Gasteiger partial charge < -0.3 is 9.94 Å². The molecule has 0 aromatic heterocycles. The molecule has 0 heterocycles. The van der Waals surface area contributed by atoms with E-state index in [2.05, 4.69) is 17.3 Å². The van der Waals surface area contributed by atoms with Gasteiger partial charge in [0.1, 0.15) is 18.1 Å². The first-order valence-electron chi connectivity index (χ1n) is 8.82. The summed E-state index contributed by atoms with van der Waals surface area (Å²) in [6.07, 6.45) is 0. The third-order valence-corrected chi connectivity index (χ3v) is 4.56. The Morgan fingerprint density at radius 2 is 1.37 bits per heavy atom. The van der Waals surface area contributed by atoms with Crippen LogP contribution < -0.4 is 4.74 Å². The summed E-state index contributed by atoms with van der Waals surface area (Å²) in [6, 6.07) is 32.1. The number of hydrogen-bond acceptors (Lipinski definition) is 3. The standard InChI is InChI=1S/C24H19NO2/c26-25-23(17-27-24-12-6-10-20-9-4-5-11-22(20)24)21-15-13-19(14-16-21)18-7-2-1-3-8-18/h1-16,26H,17H2/b25-23+. The average molecular weight is 353 g/mol. The molecule has 0 fully saturated rings. The molecular weight excluding hydrogens is 334 g/mol. The molecule has 3 heteroatoms. The minimum absolute atomic E-state index is 0.190. The van der Waals surface area contributed by atoms with Crippen molar-refractivity contribution in [1.29, 1.82) is 0 Å². The summed E-state index contributed by atoms with van der Waals surface area (Å²) < 4.78 is 5.95. The molecule has 0 radical (unpaired) electrons. The lowest BCUT2D eigenvalue weighted by Gasteiger charge is -2.11. The van der Waals surface area contributed by atoms with E-state index >= 15 is 0 Å². The van der Waals surface area contributed by atoms with Crippen LogP contribution in [-0.4, -0.2) is 17.5 Å². The molecular formula is C24H19NO2. The van der Waals surface area contributed by atoms with E-state index in [1.807, 2.05) is 84.9 Å². The lowest BCUT2D eigenvalue weighted by molar-refractivity contribution is 0.308. The van der Waals surface area contributed by atoms with E-state index in [0.29, 0.717) is 5.71 Å². The van der Waals surface area contributed by atoms with Gasteiger partial charge in [-0.05, 0) is 22.6 Å². The minimum atomic E-state index is 0.190. The van der Waals surface area contributed by atoms with Gasteiger partial charge in [0, 0.05) is 10.9 Å². The van der Waals surface area contributed by atoms with Gasteiger partial charge in [0.2, 0.25) is 0 Å². The number of hydrogen-bond donors (Lipinski definition) is 1. The SMILES string of the molecule is O/N=C(\COc1cccc2ccccc12)c1ccc(-c2ccccc2)cc1. The second-order valence-electron chi connectivity index (χ2n) is 6.26. The van der Waals surface area contributed by atoms with E-state index in [-0.39, 0.29) is 6.61 Å².